The van der Waals surface area contributed by atoms with Crippen molar-refractivity contribution in [2.45, 2.75) is 45.2 Å². The van der Waals surface area contributed by atoms with Gasteiger partial charge in [-0.25, -0.2) is 4.79 Å². The van der Waals surface area contributed by atoms with Crippen molar-refractivity contribution in [1.29, 1.82) is 0 Å². The molecule has 6 heteroatoms. The van der Waals surface area contributed by atoms with E-state index in [1.54, 1.807) is 21.3 Å². The van der Waals surface area contributed by atoms with Gasteiger partial charge in [-0.2, -0.15) is 0 Å². The fraction of sp³-hybridized carbons (Fsp3) is 0.611. The van der Waals surface area contributed by atoms with Crippen molar-refractivity contribution in [2.24, 2.45) is 0 Å². The zero-order valence-corrected chi connectivity index (χ0v) is 15.2. The van der Waals surface area contributed by atoms with Crippen LogP contribution in [-0.4, -0.2) is 50.9 Å². The molecule has 1 aromatic rings. The minimum atomic E-state index is 0.0138. The van der Waals surface area contributed by atoms with E-state index in [0.29, 0.717) is 29.8 Å². The topological polar surface area (TPSA) is 60.0 Å². The van der Waals surface area contributed by atoms with Gasteiger partial charge in [0.05, 0.1) is 21.3 Å². The van der Waals surface area contributed by atoms with Gasteiger partial charge in [0.25, 0.3) is 0 Å². The van der Waals surface area contributed by atoms with Gasteiger partial charge in [0, 0.05) is 18.6 Å². The molecule has 1 aliphatic rings. The summed E-state index contributed by atoms with van der Waals surface area (Å²) in [5, 5.41) is 2.98. The van der Waals surface area contributed by atoms with E-state index in [2.05, 4.69) is 5.32 Å². The molecule has 0 saturated heterocycles. The SMILES string of the molecule is COc1cc(CCN(C(=O)NC(C)C)C2CC2)cc(OC)c1OC. The van der Waals surface area contributed by atoms with Crippen molar-refractivity contribution in [3.63, 3.8) is 0 Å². The quantitative estimate of drug-likeness (QED) is 0.793. The predicted molar refractivity (Wildman–Crippen MR) is 93.2 cm³/mol. The van der Waals surface area contributed by atoms with E-state index < -0.39 is 0 Å². The standard InChI is InChI=1S/C18H28N2O4/c1-12(2)19-18(21)20(14-6-7-14)9-8-13-10-15(22-3)17(24-5)16(11-13)23-4/h10-12,14H,6-9H2,1-5H3,(H,19,21). The number of carbonyl (C=O) groups excluding carboxylic acids is 1. The van der Waals surface area contributed by atoms with E-state index >= 15 is 0 Å². The van der Waals surface area contributed by atoms with Gasteiger partial charge in [-0.15, -0.1) is 0 Å². The second-order valence-electron chi connectivity index (χ2n) is 6.31. The number of ether oxygens (including phenoxy) is 3. The molecule has 0 atom stereocenters. The molecule has 1 N–H and O–H groups in total. The fourth-order valence-electron chi connectivity index (χ4n) is 2.70. The van der Waals surface area contributed by atoms with Crippen LogP contribution in [0.25, 0.3) is 0 Å². The number of methoxy groups -OCH3 is 3. The molecule has 0 radical (unpaired) electrons. The minimum absolute atomic E-state index is 0.0138. The molecule has 0 unspecified atom stereocenters. The Labute approximate surface area is 144 Å². The Bertz CT molecular complexity index is 545. The summed E-state index contributed by atoms with van der Waals surface area (Å²) in [6, 6.07) is 4.39. The molecule has 1 aromatic carbocycles. The van der Waals surface area contributed by atoms with Crippen LogP contribution in [0.4, 0.5) is 4.79 Å². The zero-order valence-electron chi connectivity index (χ0n) is 15.2. The highest BCUT2D eigenvalue weighted by Gasteiger charge is 2.32. The van der Waals surface area contributed by atoms with Crippen LogP contribution in [0.3, 0.4) is 0 Å². The molecule has 1 fully saturated rings. The van der Waals surface area contributed by atoms with Crippen LogP contribution in [0.5, 0.6) is 17.2 Å². The van der Waals surface area contributed by atoms with Gasteiger partial charge in [-0.1, -0.05) is 0 Å². The Morgan fingerprint density at radius 2 is 1.75 bits per heavy atom. The van der Waals surface area contributed by atoms with Gasteiger partial charge in [0.2, 0.25) is 5.75 Å². The molecule has 0 aromatic heterocycles. The first-order chi connectivity index (χ1) is 11.5. The molecule has 134 valence electrons. The average Bonchev–Trinajstić information content (AvgIpc) is 3.38. The first kappa shape index (κ1) is 18.2. The molecule has 1 aliphatic carbocycles. The van der Waals surface area contributed by atoms with Crippen molar-refractivity contribution in [3.05, 3.63) is 17.7 Å². The lowest BCUT2D eigenvalue weighted by atomic mass is 10.1. The number of carbonyl (C=O) groups is 1. The Kier molecular flexibility index (Phi) is 6.17. The van der Waals surface area contributed by atoms with Gasteiger partial charge in [-0.3, -0.25) is 0 Å². The number of rotatable bonds is 8. The highest BCUT2D eigenvalue weighted by molar-refractivity contribution is 5.75. The van der Waals surface area contributed by atoms with E-state index in [-0.39, 0.29) is 12.1 Å². The van der Waals surface area contributed by atoms with E-state index in [9.17, 15) is 4.79 Å². The van der Waals surface area contributed by atoms with Crippen molar-refractivity contribution in [1.82, 2.24) is 10.2 Å². The summed E-state index contributed by atoms with van der Waals surface area (Å²) < 4.78 is 16.1. The molecule has 0 bridgehead atoms. The third kappa shape index (κ3) is 4.46. The van der Waals surface area contributed by atoms with Crippen LogP contribution in [0, 0.1) is 0 Å². The normalized spacial score (nSPS) is 13.6. The van der Waals surface area contributed by atoms with E-state index in [1.807, 2.05) is 30.9 Å². The maximum absolute atomic E-state index is 12.3. The van der Waals surface area contributed by atoms with Crippen LogP contribution in [0.2, 0.25) is 0 Å². The second kappa shape index (κ2) is 8.13. The van der Waals surface area contributed by atoms with Crippen LogP contribution in [0.1, 0.15) is 32.3 Å². The number of hydrogen-bond acceptors (Lipinski definition) is 4. The van der Waals surface area contributed by atoms with Gasteiger partial charge < -0.3 is 24.4 Å². The molecule has 2 amide bonds. The number of benzene rings is 1. The molecule has 0 aliphatic heterocycles. The summed E-state index contributed by atoms with van der Waals surface area (Å²) in [6.45, 7) is 4.62. The summed E-state index contributed by atoms with van der Waals surface area (Å²) in [5.74, 6) is 1.85. The maximum atomic E-state index is 12.3. The Balaban J connectivity index is 2.10. The first-order valence-corrected chi connectivity index (χ1v) is 8.36. The third-order valence-corrected chi connectivity index (χ3v) is 4.03. The molecular weight excluding hydrogens is 308 g/mol. The van der Waals surface area contributed by atoms with Crippen LogP contribution in [-0.2, 0) is 6.42 Å². The molecule has 6 nitrogen and oxygen atoms in total. The minimum Gasteiger partial charge on any atom is -0.493 e. The van der Waals surface area contributed by atoms with Crippen LogP contribution >= 0.6 is 0 Å². The predicted octanol–water partition coefficient (Wildman–Crippen LogP) is 2.84. The molecule has 1 saturated carbocycles. The number of hydrogen-bond donors (Lipinski definition) is 1. The molecular formula is C18H28N2O4. The summed E-state index contributed by atoms with van der Waals surface area (Å²) in [5.41, 5.74) is 1.05. The molecule has 0 heterocycles. The monoisotopic (exact) mass is 336 g/mol. The Morgan fingerprint density at radius 3 is 2.17 bits per heavy atom. The van der Waals surface area contributed by atoms with Gasteiger partial charge in [0.15, 0.2) is 11.5 Å². The van der Waals surface area contributed by atoms with Crippen molar-refractivity contribution >= 4 is 6.03 Å². The number of urea groups is 1. The van der Waals surface area contributed by atoms with E-state index in [4.69, 9.17) is 14.2 Å². The lowest BCUT2D eigenvalue weighted by Crippen LogP contribution is -2.45. The van der Waals surface area contributed by atoms with Crippen molar-refractivity contribution in [2.75, 3.05) is 27.9 Å². The zero-order chi connectivity index (χ0) is 17.7. The molecule has 2 rings (SSSR count). The lowest BCUT2D eigenvalue weighted by Gasteiger charge is -2.24. The fourth-order valence-corrected chi connectivity index (χ4v) is 2.70. The summed E-state index contributed by atoms with van der Waals surface area (Å²) >= 11 is 0. The first-order valence-electron chi connectivity index (χ1n) is 8.36. The van der Waals surface area contributed by atoms with Gasteiger partial charge in [-0.05, 0) is 50.8 Å². The average molecular weight is 336 g/mol. The maximum Gasteiger partial charge on any atom is 0.317 e. The smallest absolute Gasteiger partial charge is 0.317 e. The van der Waals surface area contributed by atoms with E-state index in [1.165, 1.54) is 0 Å². The summed E-state index contributed by atoms with van der Waals surface area (Å²) in [7, 11) is 4.80. The van der Waals surface area contributed by atoms with Crippen LogP contribution < -0.4 is 19.5 Å². The van der Waals surface area contributed by atoms with E-state index in [0.717, 1.165) is 24.8 Å². The third-order valence-electron chi connectivity index (χ3n) is 4.03. The number of nitrogens with one attached hydrogen (secondary N) is 1. The Morgan fingerprint density at radius 1 is 1.17 bits per heavy atom. The second-order valence-corrected chi connectivity index (χ2v) is 6.31. The largest absolute Gasteiger partial charge is 0.493 e. The molecule has 0 spiro atoms. The highest BCUT2D eigenvalue weighted by atomic mass is 16.5. The van der Waals surface area contributed by atoms with Gasteiger partial charge >= 0.3 is 6.03 Å². The number of nitrogens with zero attached hydrogens (tertiary/aromatic N) is 1. The van der Waals surface area contributed by atoms with Crippen molar-refractivity contribution in [3.8, 4) is 17.2 Å². The molecule has 24 heavy (non-hydrogen) atoms. The lowest BCUT2D eigenvalue weighted by molar-refractivity contribution is 0.193. The van der Waals surface area contributed by atoms with Gasteiger partial charge in [0.1, 0.15) is 0 Å². The summed E-state index contributed by atoms with van der Waals surface area (Å²) in [4.78, 5) is 14.3. The summed E-state index contributed by atoms with van der Waals surface area (Å²) in [6.07, 6.45) is 2.90. The number of amides is 2. The Hall–Kier alpha value is -2.11. The van der Waals surface area contributed by atoms with Crippen molar-refractivity contribution < 1.29 is 19.0 Å². The highest BCUT2D eigenvalue weighted by Crippen LogP contribution is 2.38. The van der Waals surface area contributed by atoms with Crippen LogP contribution in [0.15, 0.2) is 12.1 Å².